The fourth-order valence-corrected chi connectivity index (χ4v) is 3.49. The maximum absolute atomic E-state index is 11.2. The van der Waals surface area contributed by atoms with Gasteiger partial charge in [0.05, 0.1) is 11.1 Å². The molecule has 0 bridgehead atoms. The Morgan fingerprint density at radius 1 is 1.23 bits per heavy atom. The first-order valence-corrected chi connectivity index (χ1v) is 9.49. The number of anilines is 1. The summed E-state index contributed by atoms with van der Waals surface area (Å²) in [6, 6.07) is 12.2. The number of aromatic nitrogens is 2. The molecule has 1 amide bonds. The van der Waals surface area contributed by atoms with E-state index in [1.807, 2.05) is 12.1 Å². The second kappa shape index (κ2) is 8.27. The van der Waals surface area contributed by atoms with Crippen LogP contribution in [0.25, 0.3) is 22.3 Å². The first kappa shape index (κ1) is 19.5. The van der Waals surface area contributed by atoms with Gasteiger partial charge in [-0.1, -0.05) is 24.0 Å². The van der Waals surface area contributed by atoms with Crippen molar-refractivity contribution in [3.63, 3.8) is 0 Å². The van der Waals surface area contributed by atoms with Crippen molar-refractivity contribution in [3.8, 4) is 29.0 Å². The predicted molar refractivity (Wildman–Crippen MR) is 112 cm³/mol. The fraction of sp³-hybridized carbons (Fsp3) is 0.227. The van der Waals surface area contributed by atoms with Crippen molar-refractivity contribution in [1.29, 1.82) is 0 Å². The second-order valence-electron chi connectivity index (χ2n) is 6.96. The summed E-state index contributed by atoms with van der Waals surface area (Å²) in [4.78, 5) is 21.8. The molecular formula is C22H20N4O4. The molecular weight excluding hydrogens is 384 g/mol. The summed E-state index contributed by atoms with van der Waals surface area (Å²) >= 11 is 0. The quantitative estimate of drug-likeness (QED) is 0.495. The summed E-state index contributed by atoms with van der Waals surface area (Å²) in [5.41, 5.74) is 1.87. The highest BCUT2D eigenvalue weighted by molar-refractivity contribution is 5.92. The van der Waals surface area contributed by atoms with Crippen molar-refractivity contribution in [2.45, 2.75) is 12.5 Å². The zero-order valence-electron chi connectivity index (χ0n) is 16.0. The summed E-state index contributed by atoms with van der Waals surface area (Å²) in [5.74, 6) is 6.49. The van der Waals surface area contributed by atoms with E-state index in [4.69, 9.17) is 5.11 Å². The topological polar surface area (TPSA) is 119 Å². The maximum atomic E-state index is 11.2. The SMILES string of the molecule is O=C(O)N1CCC(Nc2nc(-c3ccccc3O)nc3ccc(C#CCO)cc23)C1. The lowest BCUT2D eigenvalue weighted by molar-refractivity contribution is 0.155. The van der Waals surface area contributed by atoms with Gasteiger partial charge < -0.3 is 25.5 Å². The van der Waals surface area contributed by atoms with Crippen LogP contribution in [-0.2, 0) is 0 Å². The molecule has 8 nitrogen and oxygen atoms in total. The molecule has 1 fully saturated rings. The van der Waals surface area contributed by atoms with Gasteiger partial charge >= 0.3 is 6.09 Å². The molecule has 3 aromatic rings. The molecule has 0 saturated carbocycles. The van der Waals surface area contributed by atoms with Crippen LogP contribution in [0.1, 0.15) is 12.0 Å². The first-order valence-electron chi connectivity index (χ1n) is 9.49. The number of benzene rings is 2. The summed E-state index contributed by atoms with van der Waals surface area (Å²) in [6.07, 6.45) is -0.281. The molecule has 1 saturated heterocycles. The van der Waals surface area contributed by atoms with Crippen LogP contribution in [-0.4, -0.2) is 62.0 Å². The van der Waals surface area contributed by atoms with Crippen LogP contribution in [0.3, 0.4) is 0 Å². The second-order valence-corrected chi connectivity index (χ2v) is 6.96. The van der Waals surface area contributed by atoms with Crippen molar-refractivity contribution >= 4 is 22.8 Å². The molecule has 0 aliphatic carbocycles. The Bertz CT molecular complexity index is 1170. The predicted octanol–water partition coefficient (Wildman–Crippen LogP) is 2.51. The van der Waals surface area contributed by atoms with E-state index >= 15 is 0 Å². The number of para-hydroxylation sites is 1. The zero-order chi connectivity index (χ0) is 21.1. The van der Waals surface area contributed by atoms with E-state index in [-0.39, 0.29) is 18.4 Å². The number of fused-ring (bicyclic) bond motifs is 1. The lowest BCUT2D eigenvalue weighted by Crippen LogP contribution is -2.30. The summed E-state index contributed by atoms with van der Waals surface area (Å²) < 4.78 is 0. The van der Waals surface area contributed by atoms with Gasteiger partial charge in [-0.25, -0.2) is 14.8 Å². The molecule has 2 aromatic carbocycles. The molecule has 8 heteroatoms. The van der Waals surface area contributed by atoms with Gasteiger partial charge in [-0.05, 0) is 36.8 Å². The standard InChI is InChI=1S/C22H20N4O4/c27-11-3-4-14-7-8-18-17(12-14)21(23-15-9-10-26(13-15)22(29)30)25-20(24-18)16-5-1-2-6-19(16)28/h1-2,5-8,12,15,27-28H,9-11,13H2,(H,29,30)(H,23,24,25). The number of hydrogen-bond acceptors (Lipinski definition) is 6. The number of carbonyl (C=O) groups is 1. The van der Waals surface area contributed by atoms with Crippen LogP contribution in [0.5, 0.6) is 5.75 Å². The molecule has 1 aliphatic heterocycles. The van der Waals surface area contributed by atoms with Gasteiger partial charge in [0.2, 0.25) is 0 Å². The van der Waals surface area contributed by atoms with E-state index in [1.165, 1.54) is 4.90 Å². The molecule has 152 valence electrons. The number of phenols is 1. The number of aromatic hydroxyl groups is 1. The fourth-order valence-electron chi connectivity index (χ4n) is 3.49. The molecule has 4 rings (SSSR count). The van der Waals surface area contributed by atoms with Gasteiger partial charge in [-0.2, -0.15) is 0 Å². The number of hydrogen-bond donors (Lipinski definition) is 4. The number of rotatable bonds is 3. The van der Waals surface area contributed by atoms with E-state index < -0.39 is 6.09 Å². The van der Waals surface area contributed by atoms with Crippen molar-refractivity contribution in [1.82, 2.24) is 14.9 Å². The van der Waals surface area contributed by atoms with Crippen LogP contribution in [0.15, 0.2) is 42.5 Å². The maximum Gasteiger partial charge on any atom is 0.407 e. The third-order valence-corrected chi connectivity index (χ3v) is 4.95. The summed E-state index contributed by atoms with van der Waals surface area (Å²) in [7, 11) is 0. The molecule has 1 aliphatic rings. The molecule has 2 heterocycles. The minimum Gasteiger partial charge on any atom is -0.507 e. The highest BCUT2D eigenvalue weighted by Gasteiger charge is 2.26. The van der Waals surface area contributed by atoms with Gasteiger partial charge in [0.1, 0.15) is 18.2 Å². The molecule has 1 atom stereocenters. The number of amides is 1. The van der Waals surface area contributed by atoms with Crippen molar-refractivity contribution in [2.24, 2.45) is 0 Å². The average molecular weight is 404 g/mol. The Morgan fingerprint density at radius 3 is 2.80 bits per heavy atom. The van der Waals surface area contributed by atoms with Crippen molar-refractivity contribution < 1.29 is 20.1 Å². The van der Waals surface area contributed by atoms with Crippen LogP contribution in [0.2, 0.25) is 0 Å². The third-order valence-electron chi connectivity index (χ3n) is 4.95. The molecule has 0 spiro atoms. The van der Waals surface area contributed by atoms with E-state index in [9.17, 15) is 15.0 Å². The molecule has 1 unspecified atom stereocenters. The Hall–Kier alpha value is -3.83. The van der Waals surface area contributed by atoms with E-state index in [1.54, 1.807) is 30.3 Å². The van der Waals surface area contributed by atoms with Crippen LogP contribution < -0.4 is 5.32 Å². The molecule has 0 radical (unpaired) electrons. The van der Waals surface area contributed by atoms with Crippen molar-refractivity contribution in [3.05, 3.63) is 48.0 Å². The van der Waals surface area contributed by atoms with Crippen LogP contribution in [0.4, 0.5) is 10.6 Å². The lowest BCUT2D eigenvalue weighted by atomic mass is 10.1. The molecule has 30 heavy (non-hydrogen) atoms. The number of aliphatic hydroxyl groups excluding tert-OH is 1. The summed E-state index contributed by atoms with van der Waals surface area (Å²) in [6.45, 7) is 0.575. The van der Waals surface area contributed by atoms with Gasteiger partial charge in [-0.3, -0.25) is 0 Å². The van der Waals surface area contributed by atoms with Gasteiger partial charge in [0, 0.05) is 30.1 Å². The zero-order valence-corrected chi connectivity index (χ0v) is 16.0. The minimum absolute atomic E-state index is 0.0751. The highest BCUT2D eigenvalue weighted by Crippen LogP contribution is 2.31. The Morgan fingerprint density at radius 2 is 2.07 bits per heavy atom. The normalized spacial score (nSPS) is 15.6. The number of carboxylic acid groups (broad SMARTS) is 1. The first-order chi connectivity index (χ1) is 14.5. The van der Waals surface area contributed by atoms with Gasteiger partial charge in [0.25, 0.3) is 0 Å². The van der Waals surface area contributed by atoms with E-state index in [2.05, 4.69) is 27.1 Å². The lowest BCUT2D eigenvalue weighted by Gasteiger charge is -2.17. The number of aliphatic hydroxyl groups is 1. The van der Waals surface area contributed by atoms with Crippen molar-refractivity contribution in [2.75, 3.05) is 25.0 Å². The third kappa shape index (κ3) is 3.97. The largest absolute Gasteiger partial charge is 0.507 e. The van der Waals surface area contributed by atoms with E-state index in [0.29, 0.717) is 47.8 Å². The number of nitrogens with zero attached hydrogens (tertiary/aromatic N) is 3. The number of likely N-dealkylation sites (tertiary alicyclic amines) is 1. The minimum atomic E-state index is -0.941. The average Bonchev–Trinajstić information content (AvgIpc) is 3.21. The Kier molecular flexibility index (Phi) is 5.37. The molecule has 4 N–H and O–H groups in total. The van der Waals surface area contributed by atoms with Gasteiger partial charge in [0.15, 0.2) is 5.82 Å². The van der Waals surface area contributed by atoms with Crippen LogP contribution in [0, 0.1) is 11.8 Å². The van der Waals surface area contributed by atoms with Crippen LogP contribution >= 0.6 is 0 Å². The van der Waals surface area contributed by atoms with E-state index in [0.717, 1.165) is 5.39 Å². The number of phenolic OH excluding ortho intramolecular Hbond substituents is 1. The molecule has 1 aromatic heterocycles. The number of nitrogens with one attached hydrogen (secondary N) is 1. The Balaban J connectivity index is 1.79. The summed E-state index contributed by atoms with van der Waals surface area (Å²) in [5, 5.41) is 32.5. The smallest absolute Gasteiger partial charge is 0.407 e. The highest BCUT2D eigenvalue weighted by atomic mass is 16.4. The Labute approximate surface area is 172 Å². The monoisotopic (exact) mass is 404 g/mol. The van der Waals surface area contributed by atoms with Gasteiger partial charge in [-0.15, -0.1) is 0 Å².